The van der Waals surface area contributed by atoms with Gasteiger partial charge in [0.25, 0.3) is 0 Å². The normalized spacial score (nSPS) is 25.9. The molecular weight excluding hydrogens is 202 g/mol. The lowest BCUT2D eigenvalue weighted by Crippen LogP contribution is -2.51. The van der Waals surface area contributed by atoms with Crippen molar-refractivity contribution in [2.45, 2.75) is 31.8 Å². The Balaban J connectivity index is 1.67. The lowest BCUT2D eigenvalue weighted by atomic mass is 10.2. The van der Waals surface area contributed by atoms with Gasteiger partial charge in [-0.15, -0.1) is 0 Å². The lowest BCUT2D eigenvalue weighted by molar-refractivity contribution is 0.113. The van der Waals surface area contributed by atoms with E-state index < -0.39 is 0 Å². The summed E-state index contributed by atoms with van der Waals surface area (Å²) in [6.07, 6.45) is 2.58. The van der Waals surface area contributed by atoms with Crippen LogP contribution in [0.15, 0.2) is 0 Å². The fourth-order valence-electron chi connectivity index (χ4n) is 2.35. The quantitative estimate of drug-likeness (QED) is 0.655. The second-order valence-corrected chi connectivity index (χ2v) is 5.06. The van der Waals surface area contributed by atoms with Gasteiger partial charge in [0, 0.05) is 44.8 Å². The van der Waals surface area contributed by atoms with Gasteiger partial charge in [0.1, 0.15) is 0 Å². The fraction of sp³-hybridized carbons (Fsp3) is 1.00. The topological polar surface area (TPSA) is 38.7 Å². The first kappa shape index (κ1) is 12.3. The van der Waals surface area contributed by atoms with Crippen LogP contribution in [0.3, 0.4) is 0 Å². The first-order valence-corrected chi connectivity index (χ1v) is 6.63. The van der Waals surface area contributed by atoms with Crippen molar-refractivity contribution < 1.29 is 5.11 Å². The minimum Gasteiger partial charge on any atom is -0.395 e. The van der Waals surface area contributed by atoms with E-state index in [1.807, 2.05) is 0 Å². The Hall–Kier alpha value is -0.160. The molecule has 1 heterocycles. The molecule has 4 nitrogen and oxygen atoms in total. The highest BCUT2D eigenvalue weighted by atomic mass is 16.3. The van der Waals surface area contributed by atoms with Crippen LogP contribution in [0, 0.1) is 0 Å². The van der Waals surface area contributed by atoms with Crippen molar-refractivity contribution >= 4 is 0 Å². The number of nitrogens with one attached hydrogen (secondary N) is 1. The highest BCUT2D eigenvalue weighted by Crippen LogP contribution is 2.19. The zero-order chi connectivity index (χ0) is 11.4. The lowest BCUT2D eigenvalue weighted by Gasteiger charge is -2.35. The summed E-state index contributed by atoms with van der Waals surface area (Å²) in [5, 5.41) is 12.8. The Labute approximate surface area is 98.6 Å². The molecule has 2 N–H and O–H groups in total. The number of hydrogen-bond donors (Lipinski definition) is 2. The Morgan fingerprint density at radius 1 is 1.19 bits per heavy atom. The minimum absolute atomic E-state index is 0.268. The molecule has 0 bridgehead atoms. The molecule has 2 rings (SSSR count). The molecule has 1 saturated heterocycles. The molecule has 1 aliphatic carbocycles. The van der Waals surface area contributed by atoms with Gasteiger partial charge in [-0.05, 0) is 19.4 Å². The van der Waals surface area contributed by atoms with E-state index in [1.165, 1.54) is 25.9 Å². The van der Waals surface area contributed by atoms with Gasteiger partial charge in [0.05, 0.1) is 6.61 Å². The van der Waals surface area contributed by atoms with E-state index in [2.05, 4.69) is 22.0 Å². The molecule has 0 aromatic rings. The maximum absolute atomic E-state index is 9.33. The van der Waals surface area contributed by atoms with Crippen LogP contribution in [0.1, 0.15) is 19.8 Å². The molecule has 1 saturated carbocycles. The van der Waals surface area contributed by atoms with Gasteiger partial charge < -0.3 is 15.3 Å². The summed E-state index contributed by atoms with van der Waals surface area (Å²) in [5.41, 5.74) is 0. The molecule has 0 spiro atoms. The van der Waals surface area contributed by atoms with Gasteiger partial charge in [-0.2, -0.15) is 0 Å². The van der Waals surface area contributed by atoms with Gasteiger partial charge in [-0.3, -0.25) is 4.90 Å². The van der Waals surface area contributed by atoms with E-state index in [4.69, 9.17) is 0 Å². The average Bonchev–Trinajstić information content (AvgIpc) is 3.13. The van der Waals surface area contributed by atoms with E-state index in [1.54, 1.807) is 0 Å². The maximum Gasteiger partial charge on any atom is 0.0597 e. The van der Waals surface area contributed by atoms with Crippen molar-refractivity contribution in [3.8, 4) is 0 Å². The van der Waals surface area contributed by atoms with Gasteiger partial charge >= 0.3 is 0 Å². The second-order valence-electron chi connectivity index (χ2n) is 5.06. The van der Waals surface area contributed by atoms with Crippen LogP contribution in [0.5, 0.6) is 0 Å². The number of likely N-dealkylation sites (N-methyl/N-ethyl adjacent to an activating group) is 1. The van der Waals surface area contributed by atoms with Crippen LogP contribution < -0.4 is 5.32 Å². The zero-order valence-electron chi connectivity index (χ0n) is 10.4. The molecule has 0 amide bonds. The van der Waals surface area contributed by atoms with Crippen LogP contribution >= 0.6 is 0 Å². The van der Waals surface area contributed by atoms with Crippen molar-refractivity contribution in [2.75, 3.05) is 45.9 Å². The SMILES string of the molecule is CCN1CCN(CC(CO)NC2CC2)CC1. The van der Waals surface area contributed by atoms with Crippen molar-refractivity contribution in [3.63, 3.8) is 0 Å². The number of nitrogens with zero attached hydrogens (tertiary/aromatic N) is 2. The smallest absolute Gasteiger partial charge is 0.0597 e. The van der Waals surface area contributed by atoms with Crippen LogP contribution in [0.4, 0.5) is 0 Å². The highest BCUT2D eigenvalue weighted by Gasteiger charge is 2.26. The summed E-state index contributed by atoms with van der Waals surface area (Å²) in [6.45, 7) is 9.32. The van der Waals surface area contributed by atoms with Crippen molar-refractivity contribution in [3.05, 3.63) is 0 Å². The summed E-state index contributed by atoms with van der Waals surface area (Å²) in [7, 11) is 0. The van der Waals surface area contributed by atoms with Crippen LogP contribution in [-0.2, 0) is 0 Å². The molecule has 0 aromatic carbocycles. The van der Waals surface area contributed by atoms with E-state index in [-0.39, 0.29) is 12.6 Å². The first-order valence-electron chi connectivity index (χ1n) is 6.63. The van der Waals surface area contributed by atoms with Crippen molar-refractivity contribution in [1.82, 2.24) is 15.1 Å². The molecule has 94 valence electrons. The molecular formula is C12H25N3O. The molecule has 0 radical (unpaired) electrons. The Bertz CT molecular complexity index is 200. The number of aliphatic hydroxyl groups is 1. The third-order valence-corrected chi connectivity index (χ3v) is 3.66. The molecule has 1 unspecified atom stereocenters. The van der Waals surface area contributed by atoms with E-state index in [9.17, 15) is 5.11 Å². The minimum atomic E-state index is 0.268. The molecule has 1 aliphatic heterocycles. The average molecular weight is 227 g/mol. The predicted molar refractivity (Wildman–Crippen MR) is 65.6 cm³/mol. The van der Waals surface area contributed by atoms with E-state index in [0.717, 1.165) is 26.2 Å². The molecule has 4 heteroatoms. The van der Waals surface area contributed by atoms with Gasteiger partial charge in [-0.1, -0.05) is 6.92 Å². The zero-order valence-corrected chi connectivity index (χ0v) is 10.4. The number of rotatable bonds is 6. The van der Waals surface area contributed by atoms with Crippen LogP contribution in [0.2, 0.25) is 0 Å². The Morgan fingerprint density at radius 3 is 2.31 bits per heavy atom. The van der Waals surface area contributed by atoms with E-state index >= 15 is 0 Å². The van der Waals surface area contributed by atoms with Crippen LogP contribution in [-0.4, -0.2) is 72.9 Å². The number of piperazine rings is 1. The number of aliphatic hydroxyl groups excluding tert-OH is 1. The third-order valence-electron chi connectivity index (χ3n) is 3.66. The fourth-order valence-corrected chi connectivity index (χ4v) is 2.35. The monoisotopic (exact) mass is 227 g/mol. The van der Waals surface area contributed by atoms with Gasteiger partial charge in [0.2, 0.25) is 0 Å². The Morgan fingerprint density at radius 2 is 1.81 bits per heavy atom. The first-order chi connectivity index (χ1) is 7.81. The molecule has 16 heavy (non-hydrogen) atoms. The van der Waals surface area contributed by atoms with Gasteiger partial charge in [-0.25, -0.2) is 0 Å². The van der Waals surface area contributed by atoms with Gasteiger partial charge in [0.15, 0.2) is 0 Å². The summed E-state index contributed by atoms with van der Waals surface area (Å²) < 4.78 is 0. The summed E-state index contributed by atoms with van der Waals surface area (Å²) in [5.74, 6) is 0. The van der Waals surface area contributed by atoms with E-state index in [0.29, 0.717) is 6.04 Å². The summed E-state index contributed by atoms with van der Waals surface area (Å²) >= 11 is 0. The largest absolute Gasteiger partial charge is 0.395 e. The molecule has 2 aliphatic rings. The van der Waals surface area contributed by atoms with Crippen LogP contribution in [0.25, 0.3) is 0 Å². The number of hydrogen-bond acceptors (Lipinski definition) is 4. The molecule has 0 aromatic heterocycles. The molecule has 1 atom stereocenters. The summed E-state index contributed by atoms with van der Waals surface area (Å²) in [6, 6.07) is 0.967. The van der Waals surface area contributed by atoms with Crippen molar-refractivity contribution in [1.29, 1.82) is 0 Å². The summed E-state index contributed by atoms with van der Waals surface area (Å²) in [4.78, 5) is 4.96. The third kappa shape index (κ3) is 3.70. The predicted octanol–water partition coefficient (Wildman–Crippen LogP) is -0.263. The van der Waals surface area contributed by atoms with Crippen molar-refractivity contribution in [2.24, 2.45) is 0 Å². The standard InChI is InChI=1S/C12H25N3O/c1-2-14-5-7-15(8-6-14)9-12(10-16)13-11-3-4-11/h11-13,16H,2-10H2,1H3. The molecule has 2 fully saturated rings. The maximum atomic E-state index is 9.33. The Kier molecular flexibility index (Phi) is 4.58. The highest BCUT2D eigenvalue weighted by molar-refractivity contribution is 4.86. The second kappa shape index (κ2) is 5.96.